The lowest BCUT2D eigenvalue weighted by molar-refractivity contribution is -0.117. The molecule has 0 radical (unpaired) electrons. The summed E-state index contributed by atoms with van der Waals surface area (Å²) in [6.07, 6.45) is 10.4. The van der Waals surface area contributed by atoms with Crippen LogP contribution in [0.1, 0.15) is 68.9 Å². The molecule has 0 saturated heterocycles. The van der Waals surface area contributed by atoms with Crippen LogP contribution in [0.5, 0.6) is 5.75 Å². The van der Waals surface area contributed by atoms with Crippen LogP contribution in [0.15, 0.2) is 43.0 Å². The smallest absolute Gasteiger partial charge is 0.256 e. The molecule has 8 nitrogen and oxygen atoms in total. The Morgan fingerprint density at radius 2 is 2.06 bits per heavy atom. The maximum absolute atomic E-state index is 13.4. The molecule has 0 bridgehead atoms. The van der Waals surface area contributed by atoms with Gasteiger partial charge in [0.2, 0.25) is 0 Å². The first-order valence-corrected chi connectivity index (χ1v) is 11.3. The Morgan fingerprint density at radius 1 is 1.25 bits per heavy atom. The quantitative estimate of drug-likeness (QED) is 0.527. The van der Waals surface area contributed by atoms with E-state index in [-0.39, 0.29) is 5.91 Å². The van der Waals surface area contributed by atoms with Gasteiger partial charge >= 0.3 is 0 Å². The third-order valence-corrected chi connectivity index (χ3v) is 6.23. The van der Waals surface area contributed by atoms with Crippen LogP contribution in [0.4, 0.5) is 0 Å². The van der Waals surface area contributed by atoms with Crippen molar-refractivity contribution in [1.82, 2.24) is 30.3 Å². The monoisotopic (exact) mass is 432 g/mol. The third-order valence-electron chi connectivity index (χ3n) is 6.23. The molecule has 8 heteroatoms. The Labute approximate surface area is 187 Å². The van der Waals surface area contributed by atoms with E-state index in [1.165, 1.54) is 6.33 Å². The predicted octanol–water partition coefficient (Wildman–Crippen LogP) is 3.86. The van der Waals surface area contributed by atoms with Gasteiger partial charge in [-0.25, -0.2) is 4.98 Å². The number of carbonyl (C=O) groups is 1. The molecule has 1 aliphatic carbocycles. The number of aromatic nitrogens is 5. The number of nitrogens with one attached hydrogen (secondary N) is 2. The van der Waals surface area contributed by atoms with Gasteiger partial charge in [-0.2, -0.15) is 10.2 Å². The Kier molecular flexibility index (Phi) is 5.28. The second kappa shape index (κ2) is 8.26. The fraction of sp³-hybridized carbons (Fsp3) is 0.417. The fourth-order valence-corrected chi connectivity index (χ4v) is 4.22. The van der Waals surface area contributed by atoms with Crippen molar-refractivity contribution < 1.29 is 9.53 Å². The van der Waals surface area contributed by atoms with Crippen LogP contribution in [0, 0.1) is 0 Å². The van der Waals surface area contributed by atoms with Crippen molar-refractivity contribution in [1.29, 1.82) is 0 Å². The SMILES string of the molecule is CCCCOc1ccc([C@]2(C)CC(c3cnn(C4CC4)c3)=C(c3ncn[nH]3)C(=O)N2)cc1. The lowest BCUT2D eigenvalue weighted by Crippen LogP contribution is -2.47. The number of ether oxygens (including phenoxy) is 1. The number of H-pyrrole nitrogens is 1. The Balaban J connectivity index is 1.49. The van der Waals surface area contributed by atoms with Crippen molar-refractivity contribution in [3.05, 3.63) is 59.9 Å². The first-order valence-electron chi connectivity index (χ1n) is 11.3. The summed E-state index contributed by atoms with van der Waals surface area (Å²) in [5, 5.41) is 14.6. The molecule has 0 spiro atoms. The van der Waals surface area contributed by atoms with E-state index in [4.69, 9.17) is 4.74 Å². The molecule has 1 amide bonds. The van der Waals surface area contributed by atoms with Gasteiger partial charge in [-0.1, -0.05) is 25.5 Å². The van der Waals surface area contributed by atoms with Crippen LogP contribution >= 0.6 is 0 Å². The average molecular weight is 433 g/mol. The number of carbonyl (C=O) groups excluding carboxylic acids is 1. The summed E-state index contributed by atoms with van der Waals surface area (Å²) >= 11 is 0. The van der Waals surface area contributed by atoms with E-state index in [9.17, 15) is 4.79 Å². The van der Waals surface area contributed by atoms with Crippen LogP contribution in [0.2, 0.25) is 0 Å². The zero-order valence-electron chi connectivity index (χ0n) is 18.5. The van der Waals surface area contributed by atoms with Gasteiger partial charge in [0, 0.05) is 18.2 Å². The summed E-state index contributed by atoms with van der Waals surface area (Å²) in [6, 6.07) is 8.49. The summed E-state index contributed by atoms with van der Waals surface area (Å²) in [6.45, 7) is 4.91. The number of nitrogens with zero attached hydrogens (tertiary/aromatic N) is 4. The largest absolute Gasteiger partial charge is 0.494 e. The van der Waals surface area contributed by atoms with Crippen LogP contribution in [0.25, 0.3) is 11.1 Å². The number of hydrogen-bond donors (Lipinski definition) is 2. The number of amides is 1. The first-order chi connectivity index (χ1) is 15.6. The lowest BCUT2D eigenvalue weighted by Gasteiger charge is -2.37. The van der Waals surface area contributed by atoms with Gasteiger partial charge in [0.25, 0.3) is 5.91 Å². The molecule has 1 aromatic carbocycles. The average Bonchev–Trinajstić information content (AvgIpc) is 3.28. The van der Waals surface area contributed by atoms with Crippen LogP contribution in [-0.2, 0) is 10.3 Å². The van der Waals surface area contributed by atoms with Crippen molar-refractivity contribution in [2.75, 3.05) is 6.61 Å². The summed E-state index contributed by atoms with van der Waals surface area (Å²) in [7, 11) is 0. The third kappa shape index (κ3) is 3.92. The minimum atomic E-state index is -0.570. The normalized spacial score (nSPS) is 21.0. The second-order valence-corrected chi connectivity index (χ2v) is 8.82. The summed E-state index contributed by atoms with van der Waals surface area (Å²) < 4.78 is 7.81. The molecule has 1 saturated carbocycles. The van der Waals surface area contributed by atoms with Crippen molar-refractivity contribution >= 4 is 17.1 Å². The zero-order valence-corrected chi connectivity index (χ0v) is 18.5. The molecule has 2 N–H and O–H groups in total. The van der Waals surface area contributed by atoms with Gasteiger partial charge in [0.15, 0.2) is 5.82 Å². The number of rotatable bonds is 8. The molecule has 3 aromatic rings. The summed E-state index contributed by atoms with van der Waals surface area (Å²) in [4.78, 5) is 17.6. The van der Waals surface area contributed by atoms with E-state index in [0.717, 1.165) is 48.1 Å². The minimum absolute atomic E-state index is 0.173. The predicted molar refractivity (Wildman–Crippen MR) is 121 cm³/mol. The van der Waals surface area contributed by atoms with Crippen molar-refractivity contribution in [3.63, 3.8) is 0 Å². The van der Waals surface area contributed by atoms with E-state index in [0.29, 0.717) is 30.5 Å². The topological polar surface area (TPSA) is 97.7 Å². The molecule has 2 aromatic heterocycles. The summed E-state index contributed by atoms with van der Waals surface area (Å²) in [5.41, 5.74) is 2.85. The molecule has 1 aliphatic heterocycles. The van der Waals surface area contributed by atoms with Crippen molar-refractivity contribution in [2.45, 2.75) is 57.5 Å². The van der Waals surface area contributed by atoms with Crippen LogP contribution < -0.4 is 10.1 Å². The van der Waals surface area contributed by atoms with Gasteiger partial charge in [-0.3, -0.25) is 14.6 Å². The fourth-order valence-electron chi connectivity index (χ4n) is 4.22. The number of hydrogen-bond acceptors (Lipinski definition) is 5. The van der Waals surface area contributed by atoms with E-state index in [1.807, 2.05) is 41.3 Å². The van der Waals surface area contributed by atoms with Gasteiger partial charge in [0.05, 0.1) is 30.0 Å². The maximum atomic E-state index is 13.4. The van der Waals surface area contributed by atoms with E-state index < -0.39 is 5.54 Å². The standard InChI is InChI=1S/C24H28N6O2/c1-3-4-11-32-19-9-5-17(6-10-19)24(2)12-20(16-13-27-30(14-16)18-7-8-18)21(23(31)28-24)22-25-15-26-29-22/h5-6,9-10,13-15,18H,3-4,7-8,11-12H2,1-2H3,(H,28,31)(H,25,26,29)/t24-/m0/s1. The summed E-state index contributed by atoms with van der Waals surface area (Å²) in [5.74, 6) is 1.14. The number of aromatic amines is 1. The minimum Gasteiger partial charge on any atom is -0.494 e. The molecule has 32 heavy (non-hydrogen) atoms. The molecular formula is C24H28N6O2. The Bertz CT molecular complexity index is 1130. The van der Waals surface area contributed by atoms with E-state index in [1.54, 1.807) is 0 Å². The van der Waals surface area contributed by atoms with Gasteiger partial charge < -0.3 is 10.1 Å². The highest BCUT2D eigenvalue weighted by Gasteiger charge is 2.39. The molecule has 1 fully saturated rings. The number of unbranched alkanes of at least 4 members (excludes halogenated alkanes) is 1. The Hall–Kier alpha value is -3.42. The molecule has 1 atom stereocenters. The van der Waals surface area contributed by atoms with Crippen LogP contribution in [0.3, 0.4) is 0 Å². The molecule has 3 heterocycles. The zero-order chi connectivity index (χ0) is 22.1. The van der Waals surface area contributed by atoms with Gasteiger partial charge in [-0.05, 0) is 49.5 Å². The highest BCUT2D eigenvalue weighted by Crippen LogP contribution is 2.42. The van der Waals surface area contributed by atoms with Crippen LogP contribution in [-0.4, -0.2) is 37.5 Å². The van der Waals surface area contributed by atoms with E-state index >= 15 is 0 Å². The van der Waals surface area contributed by atoms with Gasteiger partial charge in [0.1, 0.15) is 12.1 Å². The highest BCUT2D eigenvalue weighted by molar-refractivity contribution is 6.27. The van der Waals surface area contributed by atoms with Crippen molar-refractivity contribution in [2.24, 2.45) is 0 Å². The first kappa shape index (κ1) is 20.5. The molecule has 0 unspecified atom stereocenters. The maximum Gasteiger partial charge on any atom is 0.256 e. The van der Waals surface area contributed by atoms with E-state index in [2.05, 4.69) is 39.4 Å². The molecule has 5 rings (SSSR count). The lowest BCUT2D eigenvalue weighted by atomic mass is 9.79. The molecule has 2 aliphatic rings. The second-order valence-electron chi connectivity index (χ2n) is 8.82. The van der Waals surface area contributed by atoms with Crippen molar-refractivity contribution in [3.8, 4) is 5.75 Å². The Morgan fingerprint density at radius 3 is 2.75 bits per heavy atom. The van der Waals surface area contributed by atoms with Gasteiger partial charge in [-0.15, -0.1) is 0 Å². The highest BCUT2D eigenvalue weighted by atomic mass is 16.5. The number of benzene rings is 1. The molecule has 166 valence electrons. The molecular weight excluding hydrogens is 404 g/mol.